The Hall–Kier alpha value is -2.25. The summed E-state index contributed by atoms with van der Waals surface area (Å²) in [7, 11) is 0. The number of amides is 3. The molecule has 3 amide bonds. The Morgan fingerprint density at radius 3 is 2.50 bits per heavy atom. The number of nitrogens with zero attached hydrogens (tertiary/aromatic N) is 1. The Kier molecular flexibility index (Phi) is 4.92. The number of carbonyl (C=O) groups excluding carboxylic acids is 3. The van der Waals surface area contributed by atoms with Crippen LogP contribution in [-0.2, 0) is 16.1 Å². The molecule has 0 aromatic heterocycles. The van der Waals surface area contributed by atoms with Gasteiger partial charge in [0.15, 0.2) is 0 Å². The van der Waals surface area contributed by atoms with Gasteiger partial charge >= 0.3 is 0 Å². The molecule has 1 aromatic rings. The van der Waals surface area contributed by atoms with Gasteiger partial charge in [0.25, 0.3) is 5.91 Å². The molecule has 7 heteroatoms. The molecule has 3 aliphatic heterocycles. The number of imide groups is 1. The van der Waals surface area contributed by atoms with Crippen LogP contribution in [0.2, 0.25) is 0 Å². The molecule has 3 N–H and O–H groups in total. The lowest BCUT2D eigenvalue weighted by molar-refractivity contribution is -0.136. The Balaban J connectivity index is 0.000000238. The van der Waals surface area contributed by atoms with Crippen molar-refractivity contribution in [2.75, 3.05) is 13.1 Å². The van der Waals surface area contributed by atoms with Crippen molar-refractivity contribution in [3.05, 3.63) is 35.4 Å². The maximum atomic E-state index is 12.2. The number of benzene rings is 1. The van der Waals surface area contributed by atoms with Gasteiger partial charge in [0, 0.05) is 25.1 Å². The van der Waals surface area contributed by atoms with Crippen LogP contribution in [0.5, 0.6) is 0 Å². The van der Waals surface area contributed by atoms with E-state index < -0.39 is 6.04 Å². The average molecular weight is 331 g/mol. The number of carbonyl (C=O) groups is 3. The van der Waals surface area contributed by atoms with E-state index in [2.05, 4.69) is 10.6 Å². The van der Waals surface area contributed by atoms with E-state index in [1.165, 1.54) is 0 Å². The van der Waals surface area contributed by atoms with Crippen molar-refractivity contribution >= 4 is 17.7 Å². The third kappa shape index (κ3) is 3.47. The molecule has 2 fully saturated rings. The fourth-order valence-electron chi connectivity index (χ4n) is 3.15. The van der Waals surface area contributed by atoms with E-state index in [1.54, 1.807) is 11.0 Å². The molecule has 4 rings (SSSR count). The van der Waals surface area contributed by atoms with E-state index in [0.717, 1.165) is 25.1 Å². The molecule has 7 nitrogen and oxygen atoms in total. The van der Waals surface area contributed by atoms with E-state index in [1.807, 2.05) is 18.2 Å². The maximum absolute atomic E-state index is 12.2. The van der Waals surface area contributed by atoms with Crippen LogP contribution >= 0.6 is 0 Å². The molecule has 2 atom stereocenters. The van der Waals surface area contributed by atoms with Gasteiger partial charge in [-0.3, -0.25) is 19.7 Å². The minimum Gasteiger partial charge on any atom is -0.392 e. The summed E-state index contributed by atoms with van der Waals surface area (Å²) in [5, 5.41) is 14.0. The van der Waals surface area contributed by atoms with Gasteiger partial charge in [-0.1, -0.05) is 18.2 Å². The van der Waals surface area contributed by atoms with E-state index in [0.29, 0.717) is 18.5 Å². The maximum Gasteiger partial charge on any atom is 0.255 e. The van der Waals surface area contributed by atoms with E-state index >= 15 is 0 Å². The molecule has 0 radical (unpaired) electrons. The second kappa shape index (κ2) is 7.11. The van der Waals surface area contributed by atoms with Gasteiger partial charge in [-0.2, -0.15) is 0 Å². The standard InChI is InChI=1S/C13H12N2O3.C4H9NO/c16-11-6-5-10(12(17)14-11)15-7-8-3-1-2-4-9(8)13(15)18;6-4-1-2-5-3-4/h1-4,10H,5-7H2,(H,14,16,17);4-6H,1-3H2. The van der Waals surface area contributed by atoms with Crippen LogP contribution < -0.4 is 10.6 Å². The third-order valence-corrected chi connectivity index (χ3v) is 4.47. The number of aliphatic hydroxyl groups is 1. The molecule has 3 aliphatic rings. The smallest absolute Gasteiger partial charge is 0.255 e. The van der Waals surface area contributed by atoms with Crippen molar-refractivity contribution in [2.24, 2.45) is 0 Å². The summed E-state index contributed by atoms with van der Waals surface area (Å²) in [4.78, 5) is 36.6. The molecular weight excluding hydrogens is 310 g/mol. The molecule has 0 saturated carbocycles. The highest BCUT2D eigenvalue weighted by molar-refractivity contribution is 6.05. The van der Waals surface area contributed by atoms with Crippen molar-refractivity contribution in [3.63, 3.8) is 0 Å². The topological polar surface area (TPSA) is 98.7 Å². The lowest BCUT2D eigenvalue weighted by Gasteiger charge is -2.29. The van der Waals surface area contributed by atoms with E-state index in [9.17, 15) is 14.4 Å². The van der Waals surface area contributed by atoms with Crippen molar-refractivity contribution in [1.82, 2.24) is 15.5 Å². The molecule has 0 bridgehead atoms. The summed E-state index contributed by atoms with van der Waals surface area (Å²) >= 11 is 0. The normalized spacial score (nSPS) is 25.9. The SMILES string of the molecule is O=C1CCC(N2Cc3ccccc3C2=O)C(=O)N1.OC1CCNC1. The van der Waals surface area contributed by atoms with Crippen molar-refractivity contribution in [1.29, 1.82) is 0 Å². The zero-order chi connectivity index (χ0) is 17.1. The summed E-state index contributed by atoms with van der Waals surface area (Å²) in [6.45, 7) is 2.22. The fourth-order valence-corrected chi connectivity index (χ4v) is 3.15. The van der Waals surface area contributed by atoms with Crippen LogP contribution in [-0.4, -0.2) is 53.0 Å². The van der Waals surface area contributed by atoms with Gasteiger partial charge in [0.1, 0.15) is 6.04 Å². The molecule has 1 aromatic carbocycles. The van der Waals surface area contributed by atoms with Crippen LogP contribution in [0, 0.1) is 0 Å². The van der Waals surface area contributed by atoms with Crippen molar-refractivity contribution in [2.45, 2.75) is 38.0 Å². The number of β-amino-alcohol motifs (C(OH)–C–C–N with tert-alkyl or cyclic N) is 1. The zero-order valence-electron chi connectivity index (χ0n) is 13.3. The number of nitrogens with one attached hydrogen (secondary N) is 2. The van der Waals surface area contributed by atoms with Crippen LogP contribution in [0.3, 0.4) is 0 Å². The lowest BCUT2D eigenvalue weighted by atomic mass is 10.0. The van der Waals surface area contributed by atoms with Crippen molar-refractivity contribution in [3.8, 4) is 0 Å². The summed E-state index contributed by atoms with van der Waals surface area (Å²) in [6, 6.07) is 6.82. The van der Waals surface area contributed by atoms with E-state index in [-0.39, 0.29) is 30.2 Å². The summed E-state index contributed by atoms with van der Waals surface area (Å²) < 4.78 is 0. The van der Waals surface area contributed by atoms with Gasteiger partial charge in [0.2, 0.25) is 11.8 Å². The first kappa shape index (κ1) is 16.6. The number of aliphatic hydroxyl groups excluding tert-OH is 1. The minimum absolute atomic E-state index is 0.0648. The number of fused-ring (bicyclic) bond motifs is 1. The Labute approximate surface area is 140 Å². The van der Waals surface area contributed by atoms with Gasteiger partial charge in [-0.05, 0) is 31.0 Å². The van der Waals surface area contributed by atoms with Gasteiger partial charge in [0.05, 0.1) is 6.10 Å². The predicted octanol–water partition coefficient (Wildman–Crippen LogP) is -0.212. The first-order valence-corrected chi connectivity index (χ1v) is 8.17. The van der Waals surface area contributed by atoms with Gasteiger partial charge in [-0.15, -0.1) is 0 Å². The highest BCUT2D eigenvalue weighted by atomic mass is 16.3. The Bertz CT molecular complexity index is 655. The summed E-state index contributed by atoms with van der Waals surface area (Å²) in [6.07, 6.45) is 1.56. The molecule has 128 valence electrons. The Morgan fingerprint density at radius 2 is 1.92 bits per heavy atom. The second-order valence-corrected chi connectivity index (χ2v) is 6.20. The molecular formula is C17H21N3O4. The lowest BCUT2D eigenvalue weighted by Crippen LogP contribution is -2.52. The van der Waals surface area contributed by atoms with Gasteiger partial charge in [-0.25, -0.2) is 0 Å². The minimum atomic E-state index is -0.525. The van der Waals surface area contributed by atoms with Crippen LogP contribution in [0.25, 0.3) is 0 Å². The summed E-state index contributed by atoms with van der Waals surface area (Å²) in [5.41, 5.74) is 1.59. The Morgan fingerprint density at radius 1 is 1.12 bits per heavy atom. The summed E-state index contributed by atoms with van der Waals surface area (Å²) in [5.74, 6) is -0.757. The predicted molar refractivity (Wildman–Crippen MR) is 86.0 cm³/mol. The highest BCUT2D eigenvalue weighted by Gasteiger charge is 2.38. The van der Waals surface area contributed by atoms with Crippen LogP contribution in [0.4, 0.5) is 0 Å². The quantitative estimate of drug-likeness (QED) is 0.619. The number of piperidine rings is 1. The molecule has 0 aliphatic carbocycles. The average Bonchev–Trinajstić information content (AvgIpc) is 3.16. The second-order valence-electron chi connectivity index (χ2n) is 6.20. The molecule has 2 saturated heterocycles. The molecule has 3 heterocycles. The fraction of sp³-hybridized carbons (Fsp3) is 0.471. The molecule has 0 spiro atoms. The van der Waals surface area contributed by atoms with Crippen LogP contribution in [0.1, 0.15) is 35.2 Å². The zero-order valence-corrected chi connectivity index (χ0v) is 13.3. The number of hydrogen-bond acceptors (Lipinski definition) is 5. The highest BCUT2D eigenvalue weighted by Crippen LogP contribution is 2.26. The first-order valence-electron chi connectivity index (χ1n) is 8.17. The number of hydrogen-bond donors (Lipinski definition) is 3. The van der Waals surface area contributed by atoms with Crippen LogP contribution in [0.15, 0.2) is 24.3 Å². The van der Waals surface area contributed by atoms with E-state index in [4.69, 9.17) is 5.11 Å². The molecule has 24 heavy (non-hydrogen) atoms. The third-order valence-electron chi connectivity index (χ3n) is 4.47. The number of rotatable bonds is 1. The monoisotopic (exact) mass is 331 g/mol. The largest absolute Gasteiger partial charge is 0.392 e. The molecule has 2 unspecified atom stereocenters. The van der Waals surface area contributed by atoms with Crippen molar-refractivity contribution < 1.29 is 19.5 Å². The van der Waals surface area contributed by atoms with Gasteiger partial charge < -0.3 is 15.3 Å². The first-order chi connectivity index (χ1) is 11.6.